The van der Waals surface area contributed by atoms with E-state index in [4.69, 9.17) is 17.3 Å². The second kappa shape index (κ2) is 6.78. The molecule has 1 aromatic rings. The number of hydrogen-bond acceptors (Lipinski definition) is 4. The number of nitrogen functional groups attached to an aromatic ring is 1. The van der Waals surface area contributed by atoms with E-state index >= 15 is 0 Å². The zero-order chi connectivity index (χ0) is 15.4. The summed E-state index contributed by atoms with van der Waals surface area (Å²) in [4.78, 5) is 27.0. The zero-order valence-electron chi connectivity index (χ0n) is 11.9. The summed E-state index contributed by atoms with van der Waals surface area (Å²) in [6, 6.07) is 4.96. The number of hydrogen-bond donors (Lipinski definition) is 2. The molecule has 0 aliphatic carbocycles. The van der Waals surface area contributed by atoms with Crippen LogP contribution >= 0.6 is 11.6 Å². The molecular weight excluding hydrogens is 292 g/mol. The van der Waals surface area contributed by atoms with Crippen LogP contribution in [0.2, 0.25) is 5.02 Å². The van der Waals surface area contributed by atoms with Crippen molar-refractivity contribution >= 4 is 34.8 Å². The molecule has 1 fully saturated rings. The number of carbonyl (C=O) groups excluding carboxylic acids is 2. The average molecular weight is 311 g/mol. The van der Waals surface area contributed by atoms with Gasteiger partial charge in [-0.1, -0.05) is 11.6 Å². The Morgan fingerprint density at radius 1 is 1.29 bits per heavy atom. The predicted molar refractivity (Wildman–Crippen MR) is 83.2 cm³/mol. The Hall–Kier alpha value is -1.79. The van der Waals surface area contributed by atoms with Crippen molar-refractivity contribution in [3.05, 3.63) is 23.2 Å². The summed E-state index contributed by atoms with van der Waals surface area (Å²) in [5.74, 6) is -0.0478. The minimum absolute atomic E-state index is 0.0769. The van der Waals surface area contributed by atoms with Gasteiger partial charge in [-0.05, 0) is 18.2 Å². The lowest BCUT2D eigenvalue weighted by molar-refractivity contribution is -0.130. The standard InChI is InChI=1S/C14H19ClN4O2/c1-10(20)19-6-4-18(5-7-19)9-14(21)17-13-3-2-11(15)8-12(13)16/h2-3,8H,4-7,9,16H2,1H3,(H,17,21). The molecular formula is C14H19ClN4O2. The number of amides is 2. The highest BCUT2D eigenvalue weighted by Crippen LogP contribution is 2.22. The van der Waals surface area contributed by atoms with Gasteiger partial charge in [0, 0.05) is 38.1 Å². The van der Waals surface area contributed by atoms with Crippen molar-refractivity contribution in [3.8, 4) is 0 Å². The summed E-state index contributed by atoms with van der Waals surface area (Å²) < 4.78 is 0. The largest absolute Gasteiger partial charge is 0.397 e. The third-order valence-electron chi connectivity index (χ3n) is 3.47. The number of anilines is 2. The summed E-state index contributed by atoms with van der Waals surface area (Å²) in [6.45, 7) is 4.56. The number of rotatable bonds is 3. The predicted octanol–water partition coefficient (Wildman–Crippen LogP) is 1.02. The number of nitrogens with two attached hydrogens (primary N) is 1. The minimum atomic E-state index is -0.125. The topological polar surface area (TPSA) is 78.7 Å². The van der Waals surface area contributed by atoms with Gasteiger partial charge in [0.15, 0.2) is 0 Å². The Balaban J connectivity index is 1.84. The second-order valence-corrected chi connectivity index (χ2v) is 5.50. The first kappa shape index (κ1) is 15.6. The quantitative estimate of drug-likeness (QED) is 0.817. The average Bonchev–Trinajstić information content (AvgIpc) is 2.42. The maximum Gasteiger partial charge on any atom is 0.238 e. The Bertz CT molecular complexity index is 542. The molecule has 1 saturated heterocycles. The fraction of sp³-hybridized carbons (Fsp3) is 0.429. The van der Waals surface area contributed by atoms with Gasteiger partial charge in [0.2, 0.25) is 11.8 Å². The van der Waals surface area contributed by atoms with Crippen molar-refractivity contribution in [2.24, 2.45) is 0 Å². The summed E-state index contributed by atoms with van der Waals surface area (Å²) in [7, 11) is 0. The van der Waals surface area contributed by atoms with Gasteiger partial charge in [-0.15, -0.1) is 0 Å². The van der Waals surface area contributed by atoms with Crippen molar-refractivity contribution < 1.29 is 9.59 Å². The van der Waals surface area contributed by atoms with E-state index in [9.17, 15) is 9.59 Å². The molecule has 0 unspecified atom stereocenters. The van der Waals surface area contributed by atoms with Crippen molar-refractivity contribution in [3.63, 3.8) is 0 Å². The van der Waals surface area contributed by atoms with Crippen LogP contribution in [-0.4, -0.2) is 54.3 Å². The molecule has 7 heteroatoms. The van der Waals surface area contributed by atoms with Gasteiger partial charge in [0.25, 0.3) is 0 Å². The molecule has 1 aliphatic heterocycles. The zero-order valence-corrected chi connectivity index (χ0v) is 12.7. The van der Waals surface area contributed by atoms with E-state index in [0.29, 0.717) is 42.6 Å². The van der Waals surface area contributed by atoms with E-state index in [1.54, 1.807) is 30.0 Å². The van der Waals surface area contributed by atoms with Gasteiger partial charge in [0.1, 0.15) is 0 Å². The molecule has 6 nitrogen and oxygen atoms in total. The van der Waals surface area contributed by atoms with Gasteiger partial charge >= 0.3 is 0 Å². The fourth-order valence-electron chi connectivity index (χ4n) is 2.26. The van der Waals surface area contributed by atoms with Crippen LogP contribution in [0.3, 0.4) is 0 Å². The molecule has 1 aromatic carbocycles. The van der Waals surface area contributed by atoms with Gasteiger partial charge in [0.05, 0.1) is 17.9 Å². The number of nitrogens with zero attached hydrogens (tertiary/aromatic N) is 2. The van der Waals surface area contributed by atoms with Crippen LogP contribution in [0.15, 0.2) is 18.2 Å². The molecule has 1 heterocycles. The number of benzene rings is 1. The highest BCUT2D eigenvalue weighted by atomic mass is 35.5. The molecule has 0 atom stereocenters. The summed E-state index contributed by atoms with van der Waals surface area (Å²) in [6.07, 6.45) is 0. The van der Waals surface area contributed by atoms with Crippen LogP contribution < -0.4 is 11.1 Å². The molecule has 0 saturated carbocycles. The van der Waals surface area contributed by atoms with E-state index in [-0.39, 0.29) is 18.4 Å². The van der Waals surface area contributed by atoms with Crippen LogP contribution in [-0.2, 0) is 9.59 Å². The Labute approximate surface area is 128 Å². The van der Waals surface area contributed by atoms with Gasteiger partial charge in [-0.3, -0.25) is 14.5 Å². The van der Waals surface area contributed by atoms with Gasteiger partial charge in [-0.25, -0.2) is 0 Å². The molecule has 21 heavy (non-hydrogen) atoms. The third kappa shape index (κ3) is 4.34. The van der Waals surface area contributed by atoms with E-state index < -0.39 is 0 Å². The lowest BCUT2D eigenvalue weighted by Crippen LogP contribution is -2.49. The molecule has 0 aromatic heterocycles. The van der Waals surface area contributed by atoms with Crippen molar-refractivity contribution in [1.29, 1.82) is 0 Å². The third-order valence-corrected chi connectivity index (χ3v) is 3.71. The second-order valence-electron chi connectivity index (χ2n) is 5.06. The van der Waals surface area contributed by atoms with E-state index in [1.165, 1.54) is 0 Å². The smallest absolute Gasteiger partial charge is 0.238 e. The number of piperazine rings is 1. The first-order valence-corrected chi connectivity index (χ1v) is 7.16. The molecule has 0 radical (unpaired) electrons. The van der Waals surface area contributed by atoms with Crippen molar-refractivity contribution in [2.45, 2.75) is 6.92 Å². The number of halogens is 1. The SMILES string of the molecule is CC(=O)N1CCN(CC(=O)Nc2ccc(Cl)cc2N)CC1. The molecule has 2 amide bonds. The Morgan fingerprint density at radius 3 is 2.52 bits per heavy atom. The maximum absolute atomic E-state index is 12.0. The highest BCUT2D eigenvalue weighted by molar-refractivity contribution is 6.31. The Morgan fingerprint density at radius 2 is 1.95 bits per heavy atom. The Kier molecular flexibility index (Phi) is 5.03. The maximum atomic E-state index is 12.0. The number of carbonyl (C=O) groups is 2. The fourth-order valence-corrected chi connectivity index (χ4v) is 2.44. The van der Waals surface area contributed by atoms with Crippen LogP contribution in [0, 0.1) is 0 Å². The normalized spacial score (nSPS) is 15.8. The summed E-state index contributed by atoms with van der Waals surface area (Å²) in [5, 5.41) is 3.31. The molecule has 0 bridgehead atoms. The summed E-state index contributed by atoms with van der Waals surface area (Å²) in [5.41, 5.74) is 6.80. The van der Waals surface area contributed by atoms with Crippen LogP contribution in [0.5, 0.6) is 0 Å². The van der Waals surface area contributed by atoms with Crippen LogP contribution in [0.1, 0.15) is 6.92 Å². The monoisotopic (exact) mass is 310 g/mol. The first-order chi connectivity index (χ1) is 9.95. The van der Waals surface area contributed by atoms with E-state index in [1.807, 2.05) is 4.90 Å². The number of nitrogens with one attached hydrogen (secondary N) is 1. The molecule has 1 aliphatic rings. The summed E-state index contributed by atoms with van der Waals surface area (Å²) >= 11 is 5.82. The van der Waals surface area contributed by atoms with Crippen molar-refractivity contribution in [1.82, 2.24) is 9.80 Å². The molecule has 0 spiro atoms. The minimum Gasteiger partial charge on any atom is -0.397 e. The molecule has 2 rings (SSSR count). The molecule has 114 valence electrons. The van der Waals surface area contributed by atoms with Crippen LogP contribution in [0.25, 0.3) is 0 Å². The van der Waals surface area contributed by atoms with Crippen molar-refractivity contribution in [2.75, 3.05) is 43.8 Å². The van der Waals surface area contributed by atoms with Gasteiger partial charge in [-0.2, -0.15) is 0 Å². The first-order valence-electron chi connectivity index (χ1n) is 6.78. The van der Waals surface area contributed by atoms with E-state index in [2.05, 4.69) is 5.32 Å². The van der Waals surface area contributed by atoms with Crippen LogP contribution in [0.4, 0.5) is 11.4 Å². The van der Waals surface area contributed by atoms with Gasteiger partial charge < -0.3 is 16.0 Å². The highest BCUT2D eigenvalue weighted by Gasteiger charge is 2.20. The lowest BCUT2D eigenvalue weighted by Gasteiger charge is -2.33. The van der Waals surface area contributed by atoms with E-state index in [0.717, 1.165) is 0 Å². The molecule has 3 N–H and O–H groups in total. The lowest BCUT2D eigenvalue weighted by atomic mass is 10.2.